The van der Waals surface area contributed by atoms with Crippen molar-refractivity contribution in [2.24, 2.45) is 14.1 Å². The second-order valence-electron chi connectivity index (χ2n) is 2.36. The summed E-state index contributed by atoms with van der Waals surface area (Å²) in [6.07, 6.45) is 8.67. The fraction of sp³-hybridized carbons (Fsp3) is 0.545. The minimum Gasteiger partial charge on any atom is -0.341 e. The number of nitrogens with zero attached hydrogens (tertiary/aromatic N) is 5. The third-order valence-electron chi connectivity index (χ3n) is 1.17. The molecule has 5 heteroatoms. The van der Waals surface area contributed by atoms with E-state index in [1.807, 2.05) is 52.6 Å². The lowest BCUT2D eigenvalue weighted by Crippen LogP contribution is -1.76. The molecule has 0 aliphatic heterocycles. The van der Waals surface area contributed by atoms with Crippen LogP contribution >= 0.6 is 0 Å². The molecular formula is C11H23N5. The Morgan fingerprint density at radius 3 is 1.38 bits per heavy atom. The molecule has 5 nitrogen and oxygen atoms in total. The molecule has 0 atom stereocenters. The molecule has 0 unspecified atom stereocenters. The lowest BCUT2D eigenvalue weighted by molar-refractivity contribution is 0.910. The van der Waals surface area contributed by atoms with Crippen LogP contribution in [0.25, 0.3) is 0 Å². The first-order valence-corrected chi connectivity index (χ1v) is 5.49. The highest BCUT2D eigenvalue weighted by Gasteiger charge is 1.71. The SMILES string of the molecule is CC.CC.Cn1ccnc1.Cn1cnnc1. The van der Waals surface area contributed by atoms with Crippen LogP contribution in [0.2, 0.25) is 0 Å². The van der Waals surface area contributed by atoms with E-state index in [1.54, 1.807) is 29.7 Å². The predicted molar refractivity (Wildman–Crippen MR) is 66.9 cm³/mol. The zero-order chi connectivity index (χ0) is 12.8. The molecule has 0 spiro atoms. The van der Waals surface area contributed by atoms with Crippen molar-refractivity contribution in [3.8, 4) is 0 Å². The van der Waals surface area contributed by atoms with Gasteiger partial charge in [-0.25, -0.2) is 4.98 Å². The molecule has 0 amide bonds. The van der Waals surface area contributed by atoms with Crippen molar-refractivity contribution in [1.82, 2.24) is 24.3 Å². The smallest absolute Gasteiger partial charge is 0.119 e. The second-order valence-corrected chi connectivity index (χ2v) is 2.36. The molecular weight excluding hydrogens is 202 g/mol. The van der Waals surface area contributed by atoms with Crippen LogP contribution in [0.5, 0.6) is 0 Å². The van der Waals surface area contributed by atoms with Gasteiger partial charge in [-0.3, -0.25) is 0 Å². The van der Waals surface area contributed by atoms with Crippen LogP contribution in [0.15, 0.2) is 31.4 Å². The maximum Gasteiger partial charge on any atom is 0.119 e. The van der Waals surface area contributed by atoms with Gasteiger partial charge in [-0.1, -0.05) is 27.7 Å². The van der Waals surface area contributed by atoms with Crippen molar-refractivity contribution < 1.29 is 0 Å². The highest BCUT2D eigenvalue weighted by Crippen LogP contribution is 1.73. The third kappa shape index (κ3) is 10.4. The van der Waals surface area contributed by atoms with Crippen molar-refractivity contribution in [2.75, 3.05) is 0 Å². The molecule has 0 aliphatic rings. The van der Waals surface area contributed by atoms with Gasteiger partial charge < -0.3 is 9.13 Å². The van der Waals surface area contributed by atoms with Gasteiger partial charge in [0, 0.05) is 26.5 Å². The van der Waals surface area contributed by atoms with Gasteiger partial charge in [0.15, 0.2) is 0 Å². The Labute approximate surface area is 98.2 Å². The zero-order valence-electron chi connectivity index (χ0n) is 11.1. The lowest BCUT2D eigenvalue weighted by Gasteiger charge is -1.76. The van der Waals surface area contributed by atoms with E-state index >= 15 is 0 Å². The van der Waals surface area contributed by atoms with Crippen LogP contribution in [0.3, 0.4) is 0 Å². The molecule has 0 bridgehead atoms. The summed E-state index contributed by atoms with van der Waals surface area (Å²) in [5.41, 5.74) is 0. The monoisotopic (exact) mass is 225 g/mol. The van der Waals surface area contributed by atoms with Crippen molar-refractivity contribution in [3.05, 3.63) is 31.4 Å². The Morgan fingerprint density at radius 2 is 1.25 bits per heavy atom. The summed E-state index contributed by atoms with van der Waals surface area (Å²) in [4.78, 5) is 3.78. The maximum atomic E-state index is 3.78. The number of imidazole rings is 1. The van der Waals surface area contributed by atoms with E-state index in [0.29, 0.717) is 0 Å². The number of aromatic nitrogens is 5. The van der Waals surface area contributed by atoms with Crippen LogP contribution in [0.1, 0.15) is 27.7 Å². The van der Waals surface area contributed by atoms with Gasteiger partial charge in [-0.2, -0.15) is 0 Å². The second kappa shape index (κ2) is 13.4. The van der Waals surface area contributed by atoms with Crippen LogP contribution in [-0.2, 0) is 14.1 Å². The van der Waals surface area contributed by atoms with E-state index in [9.17, 15) is 0 Å². The van der Waals surface area contributed by atoms with E-state index in [1.165, 1.54) is 0 Å². The number of aryl methyl sites for hydroxylation is 2. The number of hydrogen-bond acceptors (Lipinski definition) is 3. The first-order valence-electron chi connectivity index (χ1n) is 5.49. The zero-order valence-corrected chi connectivity index (χ0v) is 11.1. The molecule has 92 valence electrons. The minimum absolute atomic E-state index is 1.64. The first-order chi connectivity index (χ1) is 7.79. The number of rotatable bonds is 0. The maximum absolute atomic E-state index is 3.78. The van der Waals surface area contributed by atoms with Gasteiger partial charge >= 0.3 is 0 Å². The van der Waals surface area contributed by atoms with E-state index in [-0.39, 0.29) is 0 Å². The summed E-state index contributed by atoms with van der Waals surface area (Å²) < 4.78 is 3.67. The van der Waals surface area contributed by atoms with Gasteiger partial charge in [0.25, 0.3) is 0 Å². The van der Waals surface area contributed by atoms with Gasteiger partial charge in [0.2, 0.25) is 0 Å². The lowest BCUT2D eigenvalue weighted by atomic mass is 10.9. The van der Waals surface area contributed by atoms with Gasteiger partial charge in [-0.05, 0) is 0 Å². The summed E-state index contributed by atoms with van der Waals surface area (Å²) in [6, 6.07) is 0. The highest BCUT2D eigenvalue weighted by molar-refractivity contribution is 4.70. The Morgan fingerprint density at radius 1 is 0.750 bits per heavy atom. The molecule has 0 fully saturated rings. The van der Waals surface area contributed by atoms with Crippen LogP contribution < -0.4 is 0 Å². The molecule has 0 aliphatic carbocycles. The standard InChI is InChI=1S/C4H6N2.C3H5N3.2C2H6/c1-6-3-2-5-4-6;1-6-2-4-5-3-6;2*1-2/h2-4H,1H3;2-3H,1H3;2*1-2H3. The predicted octanol–water partition coefficient (Wildman–Crippen LogP) is 2.29. The summed E-state index contributed by atoms with van der Waals surface area (Å²) >= 11 is 0. The van der Waals surface area contributed by atoms with Crippen molar-refractivity contribution in [1.29, 1.82) is 0 Å². The van der Waals surface area contributed by atoms with E-state index in [0.717, 1.165) is 0 Å². The van der Waals surface area contributed by atoms with E-state index < -0.39 is 0 Å². The van der Waals surface area contributed by atoms with Crippen molar-refractivity contribution >= 4 is 0 Å². The first kappa shape index (κ1) is 16.8. The fourth-order valence-electron chi connectivity index (χ4n) is 0.578. The summed E-state index contributed by atoms with van der Waals surface area (Å²) in [6.45, 7) is 8.00. The Hall–Kier alpha value is -1.65. The molecule has 0 saturated heterocycles. The van der Waals surface area contributed by atoms with Crippen molar-refractivity contribution in [3.63, 3.8) is 0 Å². The average Bonchev–Trinajstić information content (AvgIpc) is 2.98. The fourth-order valence-corrected chi connectivity index (χ4v) is 0.578. The van der Waals surface area contributed by atoms with Gasteiger partial charge in [0.1, 0.15) is 12.7 Å². The van der Waals surface area contributed by atoms with E-state index in [4.69, 9.17) is 0 Å². The molecule has 2 aromatic heterocycles. The largest absolute Gasteiger partial charge is 0.341 e. The molecule has 2 rings (SSSR count). The Balaban J connectivity index is 0. The number of hydrogen-bond donors (Lipinski definition) is 0. The Kier molecular flexibility index (Phi) is 14.0. The molecule has 16 heavy (non-hydrogen) atoms. The summed E-state index contributed by atoms with van der Waals surface area (Å²) in [5, 5.41) is 7.07. The minimum atomic E-state index is 1.64. The van der Waals surface area contributed by atoms with Crippen LogP contribution in [0.4, 0.5) is 0 Å². The molecule has 0 saturated carbocycles. The molecule has 2 aromatic rings. The highest BCUT2D eigenvalue weighted by atomic mass is 15.2. The van der Waals surface area contributed by atoms with Crippen molar-refractivity contribution in [2.45, 2.75) is 27.7 Å². The van der Waals surface area contributed by atoms with Crippen LogP contribution in [0, 0.1) is 0 Å². The Bertz CT molecular complexity index is 254. The summed E-state index contributed by atoms with van der Waals surface area (Å²) in [7, 11) is 3.81. The van der Waals surface area contributed by atoms with Crippen LogP contribution in [-0.4, -0.2) is 24.3 Å². The third-order valence-corrected chi connectivity index (χ3v) is 1.17. The van der Waals surface area contributed by atoms with Gasteiger partial charge in [-0.15, -0.1) is 10.2 Å². The average molecular weight is 225 g/mol. The van der Waals surface area contributed by atoms with Gasteiger partial charge in [0.05, 0.1) is 6.33 Å². The van der Waals surface area contributed by atoms with E-state index in [2.05, 4.69) is 15.2 Å². The molecule has 0 radical (unpaired) electrons. The topological polar surface area (TPSA) is 48.5 Å². The normalized spacial score (nSPS) is 7.38. The molecule has 0 aromatic carbocycles. The molecule has 2 heterocycles. The summed E-state index contributed by atoms with van der Waals surface area (Å²) in [5.74, 6) is 0. The quantitative estimate of drug-likeness (QED) is 0.691. The molecule has 0 N–H and O–H groups in total.